The highest BCUT2D eigenvalue weighted by atomic mass is 32.2. The van der Waals surface area contributed by atoms with Gasteiger partial charge in [-0.15, -0.1) is 0 Å². The summed E-state index contributed by atoms with van der Waals surface area (Å²) in [5.74, 6) is 0.848. The predicted octanol–water partition coefficient (Wildman–Crippen LogP) is 0.945. The van der Waals surface area contributed by atoms with Crippen LogP contribution in [0.4, 0.5) is 0 Å². The van der Waals surface area contributed by atoms with E-state index in [1.54, 1.807) is 13.1 Å². The Balaban J connectivity index is 2.51. The minimum absolute atomic E-state index is 0.106. The van der Waals surface area contributed by atoms with Gasteiger partial charge in [-0.25, -0.2) is 8.42 Å². The number of nitrogens with two attached hydrogens (primary N) is 1. The van der Waals surface area contributed by atoms with Crippen molar-refractivity contribution in [3.05, 3.63) is 17.7 Å². The predicted molar refractivity (Wildman–Crippen MR) is 75.4 cm³/mol. The third-order valence-corrected chi connectivity index (χ3v) is 5.38. The molecule has 1 fully saturated rings. The highest BCUT2D eigenvalue weighted by molar-refractivity contribution is 7.89. The molecule has 7 heteroatoms. The van der Waals surface area contributed by atoms with E-state index in [2.05, 4.69) is 0 Å². The smallest absolute Gasteiger partial charge is 0.243 e. The number of nitrogens with zero attached hydrogens (tertiary/aromatic N) is 1. The Morgan fingerprint density at radius 1 is 1.30 bits per heavy atom. The van der Waals surface area contributed by atoms with Gasteiger partial charge in [0.15, 0.2) is 11.5 Å². The molecule has 112 valence electrons. The first-order chi connectivity index (χ1) is 9.45. The van der Waals surface area contributed by atoms with Gasteiger partial charge in [0.2, 0.25) is 10.0 Å². The van der Waals surface area contributed by atoms with Crippen LogP contribution in [0.25, 0.3) is 0 Å². The van der Waals surface area contributed by atoms with E-state index in [1.807, 2.05) is 0 Å². The molecule has 0 heterocycles. The van der Waals surface area contributed by atoms with Crippen LogP contribution < -0.4 is 15.2 Å². The molecule has 0 unspecified atom stereocenters. The Labute approximate surface area is 119 Å². The van der Waals surface area contributed by atoms with Gasteiger partial charge in [-0.1, -0.05) is 0 Å². The molecule has 0 bridgehead atoms. The molecule has 20 heavy (non-hydrogen) atoms. The summed E-state index contributed by atoms with van der Waals surface area (Å²) >= 11 is 0. The first-order valence-corrected chi connectivity index (χ1v) is 7.82. The van der Waals surface area contributed by atoms with Crippen LogP contribution in [0.3, 0.4) is 0 Å². The topological polar surface area (TPSA) is 81.9 Å². The van der Waals surface area contributed by atoms with E-state index in [1.165, 1.54) is 24.6 Å². The summed E-state index contributed by atoms with van der Waals surface area (Å²) in [7, 11) is 1.05. The van der Waals surface area contributed by atoms with Gasteiger partial charge in [-0.05, 0) is 18.9 Å². The van der Waals surface area contributed by atoms with E-state index in [4.69, 9.17) is 15.2 Å². The number of hydrogen-bond acceptors (Lipinski definition) is 5. The third-order valence-electron chi connectivity index (χ3n) is 3.49. The Bertz CT molecular complexity index is 571. The van der Waals surface area contributed by atoms with Gasteiger partial charge < -0.3 is 15.2 Å². The first-order valence-electron chi connectivity index (χ1n) is 6.38. The molecular formula is C13H20N2O4S. The quantitative estimate of drug-likeness (QED) is 0.845. The lowest BCUT2D eigenvalue weighted by molar-refractivity contribution is 0.350. The lowest BCUT2D eigenvalue weighted by Gasteiger charge is -2.19. The second-order valence-electron chi connectivity index (χ2n) is 4.77. The zero-order chi connectivity index (χ0) is 14.9. The SMILES string of the molecule is COc1cc(S(=O)(=O)N(C)C2CC2)cc(CN)c1OC. The monoisotopic (exact) mass is 300 g/mol. The van der Waals surface area contributed by atoms with E-state index in [0.29, 0.717) is 17.1 Å². The zero-order valence-electron chi connectivity index (χ0n) is 11.9. The normalized spacial score (nSPS) is 15.4. The molecule has 0 amide bonds. The van der Waals surface area contributed by atoms with E-state index < -0.39 is 10.0 Å². The lowest BCUT2D eigenvalue weighted by Crippen LogP contribution is -2.29. The molecule has 0 radical (unpaired) electrons. The van der Waals surface area contributed by atoms with Gasteiger partial charge >= 0.3 is 0 Å². The van der Waals surface area contributed by atoms with Crippen molar-refractivity contribution in [2.75, 3.05) is 21.3 Å². The van der Waals surface area contributed by atoms with Crippen molar-refractivity contribution in [3.63, 3.8) is 0 Å². The molecule has 1 aliphatic rings. The molecule has 6 nitrogen and oxygen atoms in total. The van der Waals surface area contributed by atoms with Crippen LogP contribution >= 0.6 is 0 Å². The lowest BCUT2D eigenvalue weighted by atomic mass is 10.2. The number of benzene rings is 1. The van der Waals surface area contributed by atoms with Crippen molar-refractivity contribution in [2.24, 2.45) is 5.73 Å². The summed E-state index contributed by atoms with van der Waals surface area (Å²) < 4.78 is 36.9. The van der Waals surface area contributed by atoms with E-state index in [9.17, 15) is 8.42 Å². The average molecular weight is 300 g/mol. The summed E-state index contributed by atoms with van der Waals surface area (Å²) in [4.78, 5) is 0.185. The summed E-state index contributed by atoms with van der Waals surface area (Å²) in [6.45, 7) is 0.177. The molecule has 1 aromatic carbocycles. The summed E-state index contributed by atoms with van der Waals surface area (Å²) in [5, 5.41) is 0. The number of methoxy groups -OCH3 is 2. The van der Waals surface area contributed by atoms with Gasteiger partial charge in [0.25, 0.3) is 0 Å². The van der Waals surface area contributed by atoms with Crippen LogP contribution in [-0.4, -0.2) is 40.0 Å². The molecule has 1 aliphatic carbocycles. The van der Waals surface area contributed by atoms with Crippen LogP contribution in [0.5, 0.6) is 11.5 Å². The Morgan fingerprint density at radius 2 is 1.95 bits per heavy atom. The van der Waals surface area contributed by atoms with E-state index in [0.717, 1.165) is 12.8 Å². The highest BCUT2D eigenvalue weighted by Crippen LogP contribution is 2.36. The summed E-state index contributed by atoms with van der Waals surface area (Å²) in [5.41, 5.74) is 6.27. The zero-order valence-corrected chi connectivity index (χ0v) is 12.7. The molecule has 1 saturated carbocycles. The number of ether oxygens (including phenoxy) is 2. The van der Waals surface area contributed by atoms with Gasteiger partial charge in [0, 0.05) is 31.3 Å². The fourth-order valence-corrected chi connectivity index (χ4v) is 3.60. The van der Waals surface area contributed by atoms with Crippen LogP contribution in [-0.2, 0) is 16.6 Å². The molecular weight excluding hydrogens is 280 g/mol. The van der Waals surface area contributed by atoms with Gasteiger partial charge in [0.1, 0.15) is 0 Å². The van der Waals surface area contributed by atoms with Crippen molar-refractivity contribution in [3.8, 4) is 11.5 Å². The average Bonchev–Trinajstić information content (AvgIpc) is 3.28. The van der Waals surface area contributed by atoms with Crippen molar-refractivity contribution < 1.29 is 17.9 Å². The minimum atomic E-state index is -3.52. The summed E-state index contributed by atoms with van der Waals surface area (Å²) in [6.07, 6.45) is 1.82. The maximum absolute atomic E-state index is 12.5. The molecule has 0 spiro atoms. The molecule has 0 saturated heterocycles. The maximum Gasteiger partial charge on any atom is 0.243 e. The molecule has 0 atom stereocenters. The first kappa shape index (κ1) is 15.1. The van der Waals surface area contributed by atoms with Crippen molar-refractivity contribution >= 4 is 10.0 Å². The second kappa shape index (κ2) is 5.59. The molecule has 0 aliphatic heterocycles. The van der Waals surface area contributed by atoms with Gasteiger partial charge in [-0.3, -0.25) is 0 Å². The molecule has 0 aromatic heterocycles. The Kier molecular flexibility index (Phi) is 4.22. The van der Waals surface area contributed by atoms with Crippen molar-refractivity contribution in [1.82, 2.24) is 4.31 Å². The van der Waals surface area contributed by atoms with Crippen LogP contribution in [0.1, 0.15) is 18.4 Å². The van der Waals surface area contributed by atoms with Gasteiger partial charge in [-0.2, -0.15) is 4.31 Å². The van der Waals surface area contributed by atoms with Crippen LogP contribution in [0.2, 0.25) is 0 Å². The molecule has 2 N–H and O–H groups in total. The summed E-state index contributed by atoms with van der Waals surface area (Å²) in [6, 6.07) is 3.14. The van der Waals surface area contributed by atoms with E-state index >= 15 is 0 Å². The Hall–Kier alpha value is -1.31. The third kappa shape index (κ3) is 2.61. The van der Waals surface area contributed by atoms with Gasteiger partial charge in [0.05, 0.1) is 19.1 Å². The van der Waals surface area contributed by atoms with Crippen molar-refractivity contribution in [1.29, 1.82) is 0 Å². The highest BCUT2D eigenvalue weighted by Gasteiger charge is 2.35. The van der Waals surface area contributed by atoms with Crippen LogP contribution in [0, 0.1) is 0 Å². The Morgan fingerprint density at radius 3 is 2.40 bits per heavy atom. The van der Waals surface area contributed by atoms with Crippen LogP contribution in [0.15, 0.2) is 17.0 Å². The number of hydrogen-bond donors (Lipinski definition) is 1. The molecule has 1 aromatic rings. The maximum atomic E-state index is 12.5. The molecule has 2 rings (SSSR count). The number of sulfonamides is 1. The minimum Gasteiger partial charge on any atom is -0.493 e. The second-order valence-corrected chi connectivity index (χ2v) is 6.77. The number of rotatable bonds is 6. The fourth-order valence-electron chi connectivity index (χ4n) is 2.12. The van der Waals surface area contributed by atoms with Crippen molar-refractivity contribution in [2.45, 2.75) is 30.3 Å². The fraction of sp³-hybridized carbons (Fsp3) is 0.538. The standard InChI is InChI=1S/C13H20N2O4S/c1-15(10-4-5-10)20(16,17)11-6-9(8-14)13(19-3)12(7-11)18-2/h6-7,10H,4-5,8,14H2,1-3H3. The van der Waals surface area contributed by atoms with E-state index in [-0.39, 0.29) is 17.5 Å². The largest absolute Gasteiger partial charge is 0.493 e.